The minimum absolute atomic E-state index is 0.0272. The van der Waals surface area contributed by atoms with Crippen molar-refractivity contribution in [3.8, 4) is 5.75 Å². The van der Waals surface area contributed by atoms with Crippen molar-refractivity contribution in [3.05, 3.63) is 58.6 Å². The molecule has 2 aromatic carbocycles. The van der Waals surface area contributed by atoms with Gasteiger partial charge in [-0.3, -0.25) is 0 Å². The van der Waals surface area contributed by atoms with Crippen LogP contribution in [-0.4, -0.2) is 18.3 Å². The summed E-state index contributed by atoms with van der Waals surface area (Å²) in [5.74, 6) is 0.370. The molecule has 0 spiro atoms. The number of halogens is 6. The second kappa shape index (κ2) is 9.60. The number of aromatic nitrogens is 1. The fourth-order valence-electron chi connectivity index (χ4n) is 3.32. The third-order valence-electron chi connectivity index (χ3n) is 4.80. The molecule has 3 rings (SSSR count). The average molecular weight is 471 g/mol. The quantitative estimate of drug-likeness (QED) is 0.214. The van der Waals surface area contributed by atoms with Gasteiger partial charge in [-0.2, -0.15) is 26.3 Å². The smallest absolute Gasteiger partial charge is 0.437 e. The van der Waals surface area contributed by atoms with Gasteiger partial charge in [0, 0.05) is 17.8 Å². The maximum Gasteiger partial charge on any atom is 0.437 e. The Labute approximate surface area is 185 Å². The first-order valence-corrected chi connectivity index (χ1v) is 10.00. The van der Waals surface area contributed by atoms with Gasteiger partial charge in [0.25, 0.3) is 0 Å². The number of hydrogen-bond acceptors (Lipinski definition) is 4. The first kappa shape index (κ1) is 24.2. The average Bonchev–Trinajstić information content (AvgIpc) is 3.19. The van der Waals surface area contributed by atoms with Crippen LogP contribution in [0.5, 0.6) is 5.75 Å². The molecule has 0 fully saturated rings. The molecule has 0 aliphatic heterocycles. The number of aryl methyl sites for hydroxylation is 1. The molecule has 1 aromatic heterocycles. The van der Waals surface area contributed by atoms with Gasteiger partial charge in [-0.25, -0.2) is 4.85 Å². The van der Waals surface area contributed by atoms with E-state index < -0.39 is 29.3 Å². The van der Waals surface area contributed by atoms with Crippen LogP contribution in [0.2, 0.25) is 0 Å². The molecule has 1 N–H and O–H groups in total. The van der Waals surface area contributed by atoms with E-state index in [1.807, 2.05) is 6.92 Å². The Morgan fingerprint density at radius 1 is 1.09 bits per heavy atom. The third kappa shape index (κ3) is 5.50. The zero-order chi connectivity index (χ0) is 24.2. The molecule has 11 heteroatoms. The minimum atomic E-state index is -4.64. The summed E-state index contributed by atoms with van der Waals surface area (Å²) >= 11 is 0. The van der Waals surface area contributed by atoms with Gasteiger partial charge in [-0.1, -0.05) is 24.6 Å². The van der Waals surface area contributed by atoms with Gasteiger partial charge in [0.05, 0.1) is 24.1 Å². The van der Waals surface area contributed by atoms with E-state index >= 15 is 0 Å². The molecule has 0 saturated carbocycles. The fourth-order valence-corrected chi connectivity index (χ4v) is 3.32. The molecule has 3 aromatic rings. The summed E-state index contributed by atoms with van der Waals surface area (Å²) < 4.78 is 89.1. The Morgan fingerprint density at radius 3 is 2.48 bits per heavy atom. The number of alkyl halides is 6. The van der Waals surface area contributed by atoms with Gasteiger partial charge >= 0.3 is 12.4 Å². The zero-order valence-corrected chi connectivity index (χ0v) is 17.4. The molecule has 0 unspecified atom stereocenters. The van der Waals surface area contributed by atoms with E-state index in [9.17, 15) is 26.3 Å². The minimum Gasteiger partial charge on any atom is -0.493 e. The second-order valence-corrected chi connectivity index (χ2v) is 7.17. The molecule has 0 atom stereocenters. The van der Waals surface area contributed by atoms with Gasteiger partial charge in [-0.15, -0.1) is 0 Å². The molecule has 0 saturated heterocycles. The summed E-state index contributed by atoms with van der Waals surface area (Å²) in [5, 5.41) is 5.88. The van der Waals surface area contributed by atoms with Gasteiger partial charge in [0.15, 0.2) is 17.0 Å². The molecule has 0 amide bonds. The zero-order valence-electron chi connectivity index (χ0n) is 17.4. The third-order valence-corrected chi connectivity index (χ3v) is 4.80. The highest BCUT2D eigenvalue weighted by molar-refractivity contribution is 5.85. The number of nitrogens with one attached hydrogen (secondary N) is 1. The predicted octanol–water partition coefficient (Wildman–Crippen LogP) is 7.25. The van der Waals surface area contributed by atoms with E-state index in [4.69, 9.17) is 15.8 Å². The lowest BCUT2D eigenvalue weighted by Gasteiger charge is -2.14. The van der Waals surface area contributed by atoms with Crippen LogP contribution >= 0.6 is 0 Å². The summed E-state index contributed by atoms with van der Waals surface area (Å²) in [6, 6.07) is 6.06. The van der Waals surface area contributed by atoms with E-state index in [0.29, 0.717) is 30.6 Å². The Balaban J connectivity index is 1.65. The van der Waals surface area contributed by atoms with Crippen LogP contribution < -0.4 is 10.1 Å². The Bertz CT molecular complexity index is 1160. The molecule has 0 aliphatic rings. The molecule has 176 valence electrons. The first-order valence-electron chi connectivity index (χ1n) is 10.00. The van der Waals surface area contributed by atoms with Crippen LogP contribution in [0.1, 0.15) is 36.6 Å². The van der Waals surface area contributed by atoms with E-state index in [-0.39, 0.29) is 29.8 Å². The van der Waals surface area contributed by atoms with E-state index in [0.717, 1.165) is 12.1 Å². The van der Waals surface area contributed by atoms with Crippen LogP contribution in [0.25, 0.3) is 15.8 Å². The van der Waals surface area contributed by atoms with Crippen molar-refractivity contribution in [2.45, 2.75) is 38.5 Å². The summed E-state index contributed by atoms with van der Waals surface area (Å²) in [6.07, 6.45) is -7.81. The maximum atomic E-state index is 13.1. The molecule has 33 heavy (non-hydrogen) atoms. The van der Waals surface area contributed by atoms with Crippen molar-refractivity contribution in [1.82, 2.24) is 5.16 Å². The summed E-state index contributed by atoms with van der Waals surface area (Å²) in [6.45, 7) is 9.17. The van der Waals surface area contributed by atoms with E-state index in [2.05, 4.69) is 15.3 Å². The Kier molecular flexibility index (Phi) is 7.05. The number of ether oxygens (including phenoxy) is 1. The van der Waals surface area contributed by atoms with Crippen molar-refractivity contribution in [2.24, 2.45) is 0 Å². The van der Waals surface area contributed by atoms with Crippen molar-refractivity contribution >= 4 is 22.3 Å². The number of rotatable bonds is 8. The van der Waals surface area contributed by atoms with E-state index in [1.54, 1.807) is 0 Å². The van der Waals surface area contributed by atoms with Gasteiger partial charge < -0.3 is 14.6 Å². The molecule has 0 aliphatic carbocycles. The monoisotopic (exact) mass is 471 g/mol. The van der Waals surface area contributed by atoms with Crippen LogP contribution in [0.15, 0.2) is 34.9 Å². The van der Waals surface area contributed by atoms with Crippen molar-refractivity contribution in [1.29, 1.82) is 0 Å². The molecule has 5 nitrogen and oxygen atoms in total. The van der Waals surface area contributed by atoms with Gasteiger partial charge in [-0.05, 0) is 37.1 Å². The second-order valence-electron chi connectivity index (χ2n) is 7.17. The van der Waals surface area contributed by atoms with E-state index in [1.165, 1.54) is 18.2 Å². The lowest BCUT2D eigenvalue weighted by Crippen LogP contribution is -2.10. The van der Waals surface area contributed by atoms with Crippen molar-refractivity contribution in [2.75, 3.05) is 18.5 Å². The van der Waals surface area contributed by atoms with Gasteiger partial charge in [0.2, 0.25) is 0 Å². The highest BCUT2D eigenvalue weighted by atomic mass is 19.4. The summed E-state index contributed by atoms with van der Waals surface area (Å²) in [7, 11) is 0. The van der Waals surface area contributed by atoms with Crippen LogP contribution in [0.3, 0.4) is 0 Å². The van der Waals surface area contributed by atoms with Crippen molar-refractivity contribution in [3.63, 3.8) is 0 Å². The fraction of sp³-hybridized carbons (Fsp3) is 0.364. The Morgan fingerprint density at radius 2 is 1.85 bits per heavy atom. The lowest BCUT2D eigenvalue weighted by molar-refractivity contribution is -0.141. The SMILES string of the molecule is [C-]#[N+]c1ccc(NCCCOc2ccc3c(C(F)(F)F)noc3c2CCC)cc1C(F)(F)F. The van der Waals surface area contributed by atoms with Gasteiger partial charge in [0.1, 0.15) is 5.75 Å². The highest BCUT2D eigenvalue weighted by Gasteiger charge is 2.37. The predicted molar refractivity (Wildman–Crippen MR) is 109 cm³/mol. The van der Waals surface area contributed by atoms with Crippen LogP contribution in [0.4, 0.5) is 37.7 Å². The maximum absolute atomic E-state index is 13.1. The lowest BCUT2D eigenvalue weighted by atomic mass is 10.0. The number of anilines is 1. The van der Waals surface area contributed by atoms with Crippen LogP contribution in [-0.2, 0) is 18.8 Å². The molecule has 0 radical (unpaired) electrons. The summed E-state index contributed by atoms with van der Waals surface area (Å²) in [4.78, 5) is 2.89. The molecular formula is C22H19F6N3O2. The number of hydrogen-bond donors (Lipinski definition) is 1. The van der Waals surface area contributed by atoms with Crippen molar-refractivity contribution < 1.29 is 35.6 Å². The number of benzene rings is 2. The first-order chi connectivity index (χ1) is 15.6. The number of fused-ring (bicyclic) bond motifs is 1. The highest BCUT2D eigenvalue weighted by Crippen LogP contribution is 2.39. The summed E-state index contributed by atoms with van der Waals surface area (Å²) in [5.41, 5.74) is -1.86. The number of nitrogens with zero attached hydrogens (tertiary/aromatic N) is 2. The van der Waals surface area contributed by atoms with Crippen LogP contribution in [0, 0.1) is 6.57 Å². The molecular weight excluding hydrogens is 452 g/mol. The normalized spacial score (nSPS) is 12.1. The Hall–Kier alpha value is -3.42. The topological polar surface area (TPSA) is 51.7 Å². The standard InChI is InChI=1S/C22H19F6N3O2/c1-3-5-14-18(9-7-15-19(14)33-31-20(15)22(26,27)28)32-11-4-10-30-13-6-8-17(29-2)16(12-13)21(23,24)25/h6-9,12,30H,3-5,10-11H2,1H3. The molecule has 0 bridgehead atoms. The molecule has 1 heterocycles. The largest absolute Gasteiger partial charge is 0.493 e.